The highest BCUT2D eigenvalue weighted by molar-refractivity contribution is 5.29. The number of hydrogen-bond acceptors (Lipinski definition) is 2. The van der Waals surface area contributed by atoms with Gasteiger partial charge in [0.15, 0.2) is 0 Å². The minimum atomic E-state index is -4.29. The fourth-order valence-corrected chi connectivity index (χ4v) is 1.84. The SMILES string of the molecule is CCCNc1nccn1Cc1ccc(C(F)(F)F)cc1. The number of halogens is 3. The number of alkyl halides is 3. The van der Waals surface area contributed by atoms with Gasteiger partial charge >= 0.3 is 6.18 Å². The van der Waals surface area contributed by atoms with Crippen LogP contribution in [0.4, 0.5) is 19.1 Å². The molecular weight excluding hydrogens is 267 g/mol. The van der Waals surface area contributed by atoms with E-state index in [2.05, 4.69) is 17.2 Å². The molecule has 0 unspecified atom stereocenters. The normalized spacial score (nSPS) is 11.6. The standard InChI is InChI=1S/C14H16F3N3/c1-2-7-18-13-19-8-9-20(13)10-11-3-5-12(6-4-11)14(15,16)17/h3-6,8-9H,2,7,10H2,1H3,(H,18,19). The zero-order valence-electron chi connectivity index (χ0n) is 11.1. The highest BCUT2D eigenvalue weighted by Crippen LogP contribution is 2.29. The number of nitrogens with zero attached hydrogens (tertiary/aromatic N) is 2. The average molecular weight is 283 g/mol. The van der Waals surface area contributed by atoms with E-state index in [0.717, 1.165) is 36.6 Å². The fraction of sp³-hybridized carbons (Fsp3) is 0.357. The summed E-state index contributed by atoms with van der Waals surface area (Å²) < 4.78 is 39.3. The Kier molecular flexibility index (Phi) is 4.32. The Hall–Kier alpha value is -1.98. The molecule has 0 bridgehead atoms. The number of aromatic nitrogens is 2. The molecule has 1 aromatic carbocycles. The summed E-state index contributed by atoms with van der Waals surface area (Å²) in [6, 6.07) is 5.19. The third-order valence-corrected chi connectivity index (χ3v) is 2.88. The molecule has 6 heteroatoms. The van der Waals surface area contributed by atoms with Crippen molar-refractivity contribution < 1.29 is 13.2 Å². The van der Waals surface area contributed by atoms with Gasteiger partial charge in [-0.15, -0.1) is 0 Å². The summed E-state index contributed by atoms with van der Waals surface area (Å²) in [5.74, 6) is 0.728. The Morgan fingerprint density at radius 3 is 2.50 bits per heavy atom. The third kappa shape index (κ3) is 3.53. The van der Waals surface area contributed by atoms with Gasteiger partial charge in [0.05, 0.1) is 12.1 Å². The van der Waals surface area contributed by atoms with Crippen LogP contribution in [-0.4, -0.2) is 16.1 Å². The lowest BCUT2D eigenvalue weighted by molar-refractivity contribution is -0.137. The van der Waals surface area contributed by atoms with Crippen LogP contribution in [0.5, 0.6) is 0 Å². The first-order valence-corrected chi connectivity index (χ1v) is 6.42. The van der Waals surface area contributed by atoms with Gasteiger partial charge in [-0.1, -0.05) is 19.1 Å². The van der Waals surface area contributed by atoms with Crippen molar-refractivity contribution in [2.75, 3.05) is 11.9 Å². The zero-order valence-corrected chi connectivity index (χ0v) is 11.1. The first-order valence-electron chi connectivity index (χ1n) is 6.42. The monoisotopic (exact) mass is 283 g/mol. The Bertz CT molecular complexity index is 544. The lowest BCUT2D eigenvalue weighted by Crippen LogP contribution is -2.09. The minimum absolute atomic E-state index is 0.490. The quantitative estimate of drug-likeness (QED) is 0.905. The van der Waals surface area contributed by atoms with E-state index >= 15 is 0 Å². The summed E-state index contributed by atoms with van der Waals surface area (Å²) in [5, 5.41) is 3.17. The van der Waals surface area contributed by atoms with Gasteiger partial charge in [-0.2, -0.15) is 13.2 Å². The summed E-state index contributed by atoms with van der Waals surface area (Å²) in [5.41, 5.74) is 0.173. The number of rotatable bonds is 5. The molecule has 1 N–H and O–H groups in total. The molecule has 0 aliphatic rings. The molecule has 1 aromatic heterocycles. The molecule has 0 atom stereocenters. The van der Waals surface area contributed by atoms with Crippen LogP contribution >= 0.6 is 0 Å². The van der Waals surface area contributed by atoms with Crippen LogP contribution in [0.15, 0.2) is 36.7 Å². The van der Waals surface area contributed by atoms with Gasteiger partial charge in [0.2, 0.25) is 5.95 Å². The molecule has 0 saturated carbocycles. The molecular formula is C14H16F3N3. The summed E-state index contributed by atoms with van der Waals surface area (Å²) in [6.45, 7) is 3.35. The van der Waals surface area contributed by atoms with E-state index in [1.807, 2.05) is 4.57 Å². The average Bonchev–Trinajstić information content (AvgIpc) is 2.83. The predicted molar refractivity (Wildman–Crippen MR) is 71.6 cm³/mol. The topological polar surface area (TPSA) is 29.9 Å². The van der Waals surface area contributed by atoms with Crippen LogP contribution in [0.3, 0.4) is 0 Å². The second-order valence-corrected chi connectivity index (χ2v) is 4.50. The molecule has 3 nitrogen and oxygen atoms in total. The van der Waals surface area contributed by atoms with Crippen molar-refractivity contribution in [2.24, 2.45) is 0 Å². The maximum absolute atomic E-state index is 12.5. The molecule has 108 valence electrons. The highest BCUT2D eigenvalue weighted by atomic mass is 19.4. The maximum Gasteiger partial charge on any atom is 0.416 e. The van der Waals surface area contributed by atoms with E-state index in [4.69, 9.17) is 0 Å². The lowest BCUT2D eigenvalue weighted by Gasteiger charge is -2.10. The summed E-state index contributed by atoms with van der Waals surface area (Å²) in [7, 11) is 0. The van der Waals surface area contributed by atoms with Crippen molar-refractivity contribution in [3.05, 3.63) is 47.8 Å². The van der Waals surface area contributed by atoms with Gasteiger partial charge in [-0.05, 0) is 24.1 Å². The highest BCUT2D eigenvalue weighted by Gasteiger charge is 2.29. The van der Waals surface area contributed by atoms with E-state index < -0.39 is 11.7 Å². The molecule has 0 aliphatic carbocycles. The van der Waals surface area contributed by atoms with Crippen LogP contribution in [0.1, 0.15) is 24.5 Å². The fourth-order valence-electron chi connectivity index (χ4n) is 1.84. The van der Waals surface area contributed by atoms with Crippen LogP contribution in [0.2, 0.25) is 0 Å². The predicted octanol–water partition coefficient (Wildman–Crippen LogP) is 3.77. The van der Waals surface area contributed by atoms with E-state index in [1.54, 1.807) is 12.4 Å². The first kappa shape index (κ1) is 14.4. The van der Waals surface area contributed by atoms with Gasteiger partial charge in [0.25, 0.3) is 0 Å². The molecule has 1 heterocycles. The number of hydrogen-bond donors (Lipinski definition) is 1. The van der Waals surface area contributed by atoms with Crippen molar-refractivity contribution in [3.63, 3.8) is 0 Å². The maximum atomic E-state index is 12.5. The van der Waals surface area contributed by atoms with E-state index in [-0.39, 0.29) is 0 Å². The van der Waals surface area contributed by atoms with E-state index in [0.29, 0.717) is 6.54 Å². The van der Waals surface area contributed by atoms with Gasteiger partial charge in [-0.25, -0.2) is 4.98 Å². The zero-order chi connectivity index (χ0) is 14.6. The molecule has 2 rings (SSSR count). The van der Waals surface area contributed by atoms with Crippen molar-refractivity contribution in [1.82, 2.24) is 9.55 Å². The Morgan fingerprint density at radius 2 is 1.90 bits per heavy atom. The Balaban J connectivity index is 2.09. The lowest BCUT2D eigenvalue weighted by atomic mass is 10.1. The molecule has 0 amide bonds. The van der Waals surface area contributed by atoms with Crippen LogP contribution in [0.25, 0.3) is 0 Å². The number of imidazole rings is 1. The third-order valence-electron chi connectivity index (χ3n) is 2.88. The molecule has 20 heavy (non-hydrogen) atoms. The van der Waals surface area contributed by atoms with E-state index in [1.165, 1.54) is 12.1 Å². The van der Waals surface area contributed by atoms with Gasteiger partial charge in [0.1, 0.15) is 0 Å². The number of nitrogens with one attached hydrogen (secondary N) is 1. The number of anilines is 1. The van der Waals surface area contributed by atoms with Crippen molar-refractivity contribution in [3.8, 4) is 0 Å². The van der Waals surface area contributed by atoms with Gasteiger partial charge < -0.3 is 9.88 Å². The Labute approximate surface area is 115 Å². The molecule has 0 spiro atoms. The summed E-state index contributed by atoms with van der Waals surface area (Å²) in [6.07, 6.45) is 0.159. The molecule has 0 radical (unpaired) electrons. The smallest absolute Gasteiger partial charge is 0.356 e. The molecule has 2 aromatic rings. The van der Waals surface area contributed by atoms with E-state index in [9.17, 15) is 13.2 Å². The first-order chi connectivity index (χ1) is 9.50. The second kappa shape index (κ2) is 5.98. The summed E-state index contributed by atoms with van der Waals surface area (Å²) >= 11 is 0. The van der Waals surface area contributed by atoms with Crippen LogP contribution < -0.4 is 5.32 Å². The molecule has 0 aliphatic heterocycles. The van der Waals surface area contributed by atoms with Crippen LogP contribution in [0, 0.1) is 0 Å². The largest absolute Gasteiger partial charge is 0.416 e. The van der Waals surface area contributed by atoms with Crippen LogP contribution in [-0.2, 0) is 12.7 Å². The second-order valence-electron chi connectivity index (χ2n) is 4.50. The summed E-state index contributed by atoms with van der Waals surface area (Å²) in [4.78, 5) is 4.18. The Morgan fingerprint density at radius 1 is 1.20 bits per heavy atom. The van der Waals surface area contributed by atoms with Gasteiger partial charge in [0, 0.05) is 18.9 Å². The van der Waals surface area contributed by atoms with Crippen molar-refractivity contribution in [2.45, 2.75) is 26.1 Å². The molecule has 0 saturated heterocycles. The van der Waals surface area contributed by atoms with Crippen molar-refractivity contribution >= 4 is 5.95 Å². The number of benzene rings is 1. The van der Waals surface area contributed by atoms with Gasteiger partial charge in [-0.3, -0.25) is 0 Å². The minimum Gasteiger partial charge on any atom is -0.356 e. The molecule has 0 fully saturated rings. The van der Waals surface area contributed by atoms with Crippen molar-refractivity contribution in [1.29, 1.82) is 0 Å².